The molecule has 0 aromatic carbocycles. The minimum atomic E-state index is -4.67. The Labute approximate surface area is 88.2 Å². The normalized spacial score (nSPS) is 8.20. The second-order valence-corrected chi connectivity index (χ2v) is 2.19. The van der Waals surface area contributed by atoms with Gasteiger partial charge in [-0.3, -0.25) is 13.6 Å². The third-order valence-corrected chi connectivity index (χ3v) is 0. The van der Waals surface area contributed by atoms with Crippen molar-refractivity contribution in [3.63, 3.8) is 0 Å². The van der Waals surface area contributed by atoms with E-state index in [-0.39, 0.29) is 37.7 Å². The van der Waals surface area contributed by atoms with Crippen molar-refractivity contribution in [2.24, 2.45) is 0 Å². The first-order valence-corrected chi connectivity index (χ1v) is 4.05. The molecule has 60 valence electrons. The average Bonchev–Trinajstić information content (AvgIpc) is 1.19. The summed E-state index contributed by atoms with van der Waals surface area (Å²) in [4.78, 5) is 14.3. The topological polar surface area (TPSA) is 132 Å². The summed E-state index contributed by atoms with van der Waals surface area (Å²) >= 11 is 0. The molecule has 0 fully saturated rings. The first-order chi connectivity index (χ1) is 3.73. The molecular weight excluding hydrogens is 212 g/mol. The van der Waals surface area contributed by atoms with Crippen LogP contribution in [0.4, 0.5) is 0 Å². The van der Waals surface area contributed by atoms with Crippen LogP contribution in [0.15, 0.2) is 0 Å². The molecule has 0 heterocycles. The molecule has 4 N–H and O–H groups in total. The van der Waals surface area contributed by atoms with Crippen molar-refractivity contribution in [1.82, 2.24) is 0 Å². The SMILES string of the molecule is O=S(=O)(O)O.O=[Si](O)O.[CaH2]. The number of hydrogen-bond donors (Lipinski definition) is 4. The van der Waals surface area contributed by atoms with Gasteiger partial charge in [0.25, 0.3) is 0 Å². The van der Waals surface area contributed by atoms with Gasteiger partial charge in [-0.2, -0.15) is 8.42 Å². The Morgan fingerprint density at radius 3 is 1.10 bits per heavy atom. The quantitative estimate of drug-likeness (QED) is 0.249. The number of hydrogen-bond acceptors (Lipinski definition) is 3. The molecule has 0 atom stereocenters. The van der Waals surface area contributed by atoms with E-state index in [1.165, 1.54) is 0 Å². The van der Waals surface area contributed by atoms with Crippen LogP contribution in [-0.4, -0.2) is 74.0 Å². The van der Waals surface area contributed by atoms with E-state index in [4.69, 9.17) is 31.6 Å². The molecule has 0 saturated heterocycles. The Balaban J connectivity index is -0.0000000910. The van der Waals surface area contributed by atoms with E-state index in [1.54, 1.807) is 0 Å². The van der Waals surface area contributed by atoms with Crippen LogP contribution in [0.5, 0.6) is 0 Å². The molecule has 0 aromatic heterocycles. The standard InChI is InChI=1S/Ca.H2O4S.H2O3Si.2H/c;1-5(2,3)4;1-4(2)3;;/h;(H2,1,2,3,4);1-2H;;. The molecule has 0 aliphatic rings. The summed E-state index contributed by atoms with van der Waals surface area (Å²) in [6.07, 6.45) is 0. The van der Waals surface area contributed by atoms with E-state index in [0.717, 1.165) is 0 Å². The van der Waals surface area contributed by atoms with Gasteiger partial charge in [-0.1, -0.05) is 0 Å². The molecule has 0 radical (unpaired) electrons. The molecule has 0 amide bonds. The van der Waals surface area contributed by atoms with Crippen molar-refractivity contribution in [2.45, 2.75) is 0 Å². The molecule has 0 aliphatic carbocycles. The van der Waals surface area contributed by atoms with Crippen molar-refractivity contribution < 1.29 is 31.6 Å². The van der Waals surface area contributed by atoms with Gasteiger partial charge in [0.1, 0.15) is 0 Å². The molecule has 0 rings (SSSR count). The Morgan fingerprint density at radius 1 is 1.10 bits per heavy atom. The molecular formula is H6CaO7SSi. The molecule has 0 aliphatic heterocycles. The molecule has 0 unspecified atom stereocenters. The van der Waals surface area contributed by atoms with Crippen LogP contribution >= 0.6 is 0 Å². The molecule has 7 nitrogen and oxygen atoms in total. The number of rotatable bonds is 0. The van der Waals surface area contributed by atoms with Gasteiger partial charge in [-0.25, -0.2) is 0 Å². The minimum absolute atomic E-state index is 0. The summed E-state index contributed by atoms with van der Waals surface area (Å²) < 4.78 is 40.3. The Morgan fingerprint density at radius 2 is 1.10 bits per heavy atom. The molecule has 10 heteroatoms. The van der Waals surface area contributed by atoms with Gasteiger partial charge in [-0.15, -0.1) is 0 Å². The van der Waals surface area contributed by atoms with Gasteiger partial charge >= 0.3 is 57.3 Å². The van der Waals surface area contributed by atoms with E-state index in [9.17, 15) is 0 Å². The summed E-state index contributed by atoms with van der Waals surface area (Å²) in [5, 5.41) is 0. The zero-order valence-corrected chi connectivity index (χ0v) is 5.74. The van der Waals surface area contributed by atoms with Crippen LogP contribution in [0.1, 0.15) is 0 Å². The maximum absolute atomic E-state index is 8.74. The summed E-state index contributed by atoms with van der Waals surface area (Å²) in [6, 6.07) is 0. The van der Waals surface area contributed by atoms with Crippen molar-refractivity contribution >= 4 is 57.3 Å². The Bertz CT molecular complexity index is 156. The monoisotopic (exact) mass is 218 g/mol. The van der Waals surface area contributed by atoms with Gasteiger partial charge in [0.15, 0.2) is 0 Å². The van der Waals surface area contributed by atoms with Crippen molar-refractivity contribution in [3.05, 3.63) is 0 Å². The van der Waals surface area contributed by atoms with E-state index in [2.05, 4.69) is 0 Å². The summed E-state index contributed by atoms with van der Waals surface area (Å²) in [5.41, 5.74) is 0. The van der Waals surface area contributed by atoms with E-state index in [0.29, 0.717) is 0 Å². The third-order valence-electron chi connectivity index (χ3n) is 0. The van der Waals surface area contributed by atoms with E-state index >= 15 is 0 Å². The molecule has 0 spiro atoms. The predicted octanol–water partition coefficient (Wildman–Crippen LogP) is -3.18. The Kier molecular flexibility index (Phi) is 13.4. The summed E-state index contributed by atoms with van der Waals surface area (Å²) in [5.74, 6) is 0. The maximum atomic E-state index is 8.74. The second kappa shape index (κ2) is 7.85. The summed E-state index contributed by atoms with van der Waals surface area (Å²) in [6.45, 7) is 0. The second-order valence-electron chi connectivity index (χ2n) is 0.730. The zero-order valence-electron chi connectivity index (χ0n) is 3.92. The van der Waals surface area contributed by atoms with E-state index < -0.39 is 19.6 Å². The predicted molar refractivity (Wildman–Crippen MR) is 33.6 cm³/mol. The van der Waals surface area contributed by atoms with Crippen molar-refractivity contribution in [1.29, 1.82) is 0 Å². The van der Waals surface area contributed by atoms with Crippen LogP contribution in [-0.2, 0) is 14.9 Å². The van der Waals surface area contributed by atoms with Gasteiger partial charge < -0.3 is 9.59 Å². The first-order valence-electron chi connectivity index (χ1n) is 1.35. The van der Waals surface area contributed by atoms with E-state index in [1.807, 2.05) is 0 Å². The van der Waals surface area contributed by atoms with Crippen LogP contribution < -0.4 is 0 Å². The Hall–Kier alpha value is 0.747. The van der Waals surface area contributed by atoms with Crippen LogP contribution in [0.2, 0.25) is 0 Å². The van der Waals surface area contributed by atoms with Crippen molar-refractivity contribution in [2.75, 3.05) is 0 Å². The fourth-order valence-corrected chi connectivity index (χ4v) is 0. The molecule has 10 heavy (non-hydrogen) atoms. The van der Waals surface area contributed by atoms with Crippen LogP contribution in [0, 0.1) is 0 Å². The van der Waals surface area contributed by atoms with Gasteiger partial charge in [0, 0.05) is 0 Å². The molecule has 0 saturated carbocycles. The molecule has 0 bridgehead atoms. The average molecular weight is 218 g/mol. The van der Waals surface area contributed by atoms with Gasteiger partial charge in [0.2, 0.25) is 0 Å². The third kappa shape index (κ3) is 942. The zero-order chi connectivity index (χ0) is 8.08. The fraction of sp³-hybridized carbons (Fsp3) is 0. The van der Waals surface area contributed by atoms with Gasteiger partial charge in [0.05, 0.1) is 0 Å². The fourth-order valence-electron chi connectivity index (χ4n) is 0. The van der Waals surface area contributed by atoms with Crippen LogP contribution in [0.25, 0.3) is 0 Å². The first kappa shape index (κ1) is 17.0. The summed E-state index contributed by atoms with van der Waals surface area (Å²) in [7, 11) is -7.80. The molecule has 0 aromatic rings. The van der Waals surface area contributed by atoms with Gasteiger partial charge in [-0.05, 0) is 0 Å². The van der Waals surface area contributed by atoms with Crippen molar-refractivity contribution in [3.8, 4) is 0 Å². The van der Waals surface area contributed by atoms with Crippen LogP contribution in [0.3, 0.4) is 0 Å².